The van der Waals surface area contributed by atoms with Crippen molar-refractivity contribution in [1.82, 2.24) is 0 Å². The predicted octanol–water partition coefficient (Wildman–Crippen LogP) is -1.60. The van der Waals surface area contributed by atoms with Crippen molar-refractivity contribution in [2.24, 2.45) is 5.73 Å². The van der Waals surface area contributed by atoms with E-state index in [1.807, 2.05) is 0 Å². The molecule has 1 saturated heterocycles. The van der Waals surface area contributed by atoms with Crippen molar-refractivity contribution in [3.8, 4) is 0 Å². The summed E-state index contributed by atoms with van der Waals surface area (Å²) in [5.74, 6) is 0. The van der Waals surface area contributed by atoms with Crippen molar-refractivity contribution in [2.45, 2.75) is 11.1 Å². The highest BCUT2D eigenvalue weighted by atomic mass is 14.7. The molecule has 1 heterocycles. The second-order valence-corrected chi connectivity index (χ2v) is 1.69. The maximum Gasteiger partial charge on any atom is 0.117 e. The van der Waals surface area contributed by atoms with E-state index in [-0.39, 0.29) is 5.72 Å². The van der Waals surface area contributed by atoms with Crippen molar-refractivity contribution < 1.29 is 0 Å². The highest BCUT2D eigenvalue weighted by molar-refractivity contribution is 6.77. The van der Waals surface area contributed by atoms with Gasteiger partial charge in [0.05, 0.1) is 15.7 Å². The molecule has 1 nitrogen and oxygen atoms in total. The third kappa shape index (κ3) is 0.493. The molecule has 6 heavy (non-hydrogen) atoms. The van der Waals surface area contributed by atoms with Crippen LogP contribution in [-0.4, -0.2) is 28.3 Å². The molecule has 0 aromatic rings. The van der Waals surface area contributed by atoms with E-state index in [1.54, 1.807) is 7.28 Å². The van der Waals surface area contributed by atoms with Gasteiger partial charge < -0.3 is 5.73 Å². The molecule has 2 atom stereocenters. The highest BCUT2D eigenvalue weighted by Gasteiger charge is 2.41. The van der Waals surface area contributed by atoms with Crippen LogP contribution in [0, 0.1) is 0 Å². The molecule has 0 bridgehead atoms. The smallest absolute Gasteiger partial charge is 0.117 e. The first-order chi connectivity index (χ1) is 2.63. The molecule has 0 saturated carbocycles. The first kappa shape index (κ1) is 4.32. The maximum atomic E-state index is 5.21. The summed E-state index contributed by atoms with van der Waals surface area (Å²) in [6.45, 7) is 0. The Kier molecular flexibility index (Phi) is 0.621. The number of hydrogen-bond acceptors (Lipinski definition) is 1. The Morgan fingerprint density at radius 1 is 1.83 bits per heavy atom. The molecule has 1 rings (SSSR count). The molecule has 1 aliphatic rings. The lowest BCUT2D eigenvalue weighted by Crippen LogP contribution is -2.25. The average molecular weight is 73.5 g/mol. The summed E-state index contributed by atoms with van der Waals surface area (Å²) in [4.78, 5) is 0. The Bertz CT molecular complexity index is 71.2. The molecule has 0 amide bonds. The molecule has 0 aromatic heterocycles. The van der Waals surface area contributed by atoms with Crippen LogP contribution in [0.3, 0.4) is 0 Å². The van der Waals surface area contributed by atoms with Crippen molar-refractivity contribution in [3.63, 3.8) is 0 Å². The third-order valence-electron chi connectivity index (χ3n) is 0.936. The van der Waals surface area contributed by atoms with Crippen LogP contribution in [0.25, 0.3) is 0 Å². The van der Waals surface area contributed by atoms with E-state index in [0.29, 0.717) is 0 Å². The van der Waals surface area contributed by atoms with Gasteiger partial charge >= 0.3 is 0 Å². The quantitative estimate of drug-likeness (QED) is 0.344. The van der Waals surface area contributed by atoms with E-state index in [4.69, 9.17) is 21.4 Å². The van der Waals surface area contributed by atoms with Gasteiger partial charge in [-0.2, -0.15) is 0 Å². The molecule has 1 fully saturated rings. The fourth-order valence-electron chi connectivity index (χ4n) is 0.263. The predicted molar refractivity (Wildman–Crippen MR) is 27.9 cm³/mol. The average Bonchev–Trinajstić information content (AvgIpc) is 1.73. The van der Waals surface area contributed by atoms with Crippen LogP contribution in [0.15, 0.2) is 0 Å². The zero-order valence-electron chi connectivity index (χ0n) is 3.39. The lowest BCUT2D eigenvalue weighted by Gasteiger charge is -1.96. The molecule has 2 unspecified atom stereocenters. The maximum absolute atomic E-state index is 5.21. The Morgan fingerprint density at radius 3 is 2.00 bits per heavy atom. The summed E-state index contributed by atoms with van der Waals surface area (Å²) in [5, 5.41) is -0.639. The van der Waals surface area contributed by atoms with Crippen molar-refractivity contribution in [2.75, 3.05) is 0 Å². The van der Waals surface area contributed by atoms with E-state index < -0.39 is 5.34 Å². The molecule has 5 radical (unpaired) electrons. The lowest BCUT2D eigenvalue weighted by molar-refractivity contribution is 1.01. The molecule has 0 aliphatic carbocycles. The van der Waals surface area contributed by atoms with Crippen LogP contribution >= 0.6 is 0 Å². The van der Waals surface area contributed by atoms with Gasteiger partial charge in [-0.15, -0.1) is 0 Å². The third-order valence-corrected chi connectivity index (χ3v) is 0.936. The van der Waals surface area contributed by atoms with Gasteiger partial charge in [-0.3, -0.25) is 0 Å². The minimum absolute atomic E-state index is 0.0718. The minimum atomic E-state index is -0.639. The monoisotopic (exact) mass is 74.1 g/mol. The SMILES string of the molecule is [B]C1[B]C1([B])N. The van der Waals surface area contributed by atoms with Crippen LogP contribution in [0.2, 0.25) is 5.72 Å². The molecule has 4 heteroatoms. The van der Waals surface area contributed by atoms with Crippen molar-refractivity contribution in [1.29, 1.82) is 0 Å². The van der Waals surface area contributed by atoms with Crippen LogP contribution in [-0.2, 0) is 0 Å². The molecule has 0 aromatic carbocycles. The zero-order chi connectivity index (χ0) is 4.78. The molecular formula is C2H3B3N. The minimum Gasteiger partial charge on any atom is -0.342 e. The van der Waals surface area contributed by atoms with E-state index in [2.05, 4.69) is 0 Å². The zero-order valence-corrected chi connectivity index (χ0v) is 3.39. The van der Waals surface area contributed by atoms with Crippen molar-refractivity contribution >= 4 is 23.0 Å². The summed E-state index contributed by atoms with van der Waals surface area (Å²) in [6, 6.07) is 0. The number of rotatable bonds is 0. The normalized spacial score (nSPS) is 53.8. The van der Waals surface area contributed by atoms with Gasteiger partial charge in [-0.1, -0.05) is 11.1 Å². The standard InChI is InChI=1S/C2H3B3N/c3-1-2(4,6)5-1/h1H,6H2. The van der Waals surface area contributed by atoms with E-state index >= 15 is 0 Å². The van der Waals surface area contributed by atoms with Crippen LogP contribution in [0.1, 0.15) is 0 Å². The highest BCUT2D eigenvalue weighted by Crippen LogP contribution is 2.28. The van der Waals surface area contributed by atoms with Gasteiger partial charge in [0, 0.05) is 0 Å². The molecule has 25 valence electrons. The van der Waals surface area contributed by atoms with Gasteiger partial charge in [0.2, 0.25) is 0 Å². The Labute approximate surface area is 40.7 Å². The van der Waals surface area contributed by atoms with Gasteiger partial charge in [0.15, 0.2) is 0 Å². The fraction of sp³-hybridized carbons (Fsp3) is 1.00. The number of hydrogen-bond donors (Lipinski definition) is 1. The van der Waals surface area contributed by atoms with Gasteiger partial charge in [0.1, 0.15) is 7.28 Å². The Hall–Kier alpha value is 0.155. The van der Waals surface area contributed by atoms with E-state index in [1.165, 1.54) is 0 Å². The largest absolute Gasteiger partial charge is 0.342 e. The first-order valence-electron chi connectivity index (χ1n) is 1.82. The van der Waals surface area contributed by atoms with Gasteiger partial charge in [-0.25, -0.2) is 0 Å². The Morgan fingerprint density at radius 2 is 2.00 bits per heavy atom. The van der Waals surface area contributed by atoms with Crippen LogP contribution < -0.4 is 5.73 Å². The first-order valence-corrected chi connectivity index (χ1v) is 1.82. The van der Waals surface area contributed by atoms with Crippen LogP contribution in [0.5, 0.6) is 0 Å². The summed E-state index contributed by atoms with van der Waals surface area (Å²) < 4.78 is 0. The summed E-state index contributed by atoms with van der Waals surface area (Å²) in [5.41, 5.74) is 5.13. The van der Waals surface area contributed by atoms with Crippen molar-refractivity contribution in [3.05, 3.63) is 0 Å². The summed E-state index contributed by atoms with van der Waals surface area (Å²) >= 11 is 0. The lowest BCUT2D eigenvalue weighted by atomic mass is 9.80. The summed E-state index contributed by atoms with van der Waals surface area (Å²) in [6.07, 6.45) is 0. The molecule has 1 aliphatic heterocycles. The summed E-state index contributed by atoms with van der Waals surface area (Å²) in [7, 11) is 12.1. The molecule has 0 spiro atoms. The number of nitrogens with two attached hydrogens (primary N) is 1. The van der Waals surface area contributed by atoms with Gasteiger partial charge in [0.25, 0.3) is 0 Å². The molecule has 2 N–H and O–H groups in total. The second-order valence-electron chi connectivity index (χ2n) is 1.69. The topological polar surface area (TPSA) is 26.0 Å². The Balaban J connectivity index is 2.41. The van der Waals surface area contributed by atoms with Gasteiger partial charge in [-0.05, 0) is 0 Å². The van der Waals surface area contributed by atoms with Crippen LogP contribution in [0.4, 0.5) is 0 Å². The second kappa shape index (κ2) is 0.863. The fourth-order valence-corrected chi connectivity index (χ4v) is 0.263. The molecular weight excluding hydrogens is 70.5 g/mol. The van der Waals surface area contributed by atoms with E-state index in [9.17, 15) is 0 Å². The van der Waals surface area contributed by atoms with E-state index in [0.717, 1.165) is 0 Å².